The fourth-order valence-electron chi connectivity index (χ4n) is 2.88. The summed E-state index contributed by atoms with van der Waals surface area (Å²) < 4.78 is 33.5. The van der Waals surface area contributed by atoms with Crippen molar-refractivity contribution < 1.29 is 13.2 Å². The van der Waals surface area contributed by atoms with Crippen LogP contribution in [0.15, 0.2) is 83.9 Å². The van der Waals surface area contributed by atoms with E-state index < -0.39 is 10.0 Å². The second-order valence-electron chi connectivity index (χ2n) is 6.30. The summed E-state index contributed by atoms with van der Waals surface area (Å²) in [6.45, 7) is 3.02. The van der Waals surface area contributed by atoms with E-state index in [1.165, 1.54) is 4.31 Å². The van der Waals surface area contributed by atoms with Crippen LogP contribution < -0.4 is 4.74 Å². The normalized spacial score (nSPS) is 11.5. The number of aromatic nitrogens is 1. The van der Waals surface area contributed by atoms with Crippen molar-refractivity contribution in [2.45, 2.75) is 24.8 Å². The van der Waals surface area contributed by atoms with Crippen LogP contribution in [-0.4, -0.2) is 30.9 Å². The molecule has 1 heterocycles. The molecular weight excluding hydrogens is 372 g/mol. The van der Waals surface area contributed by atoms with Crippen molar-refractivity contribution in [2.75, 3.05) is 13.2 Å². The minimum atomic E-state index is -3.66. The SMILES string of the molecule is CCOc1ccc(S(=O)(=O)N(CCc2ccccc2)Cc2ccccn2)cc1. The van der Waals surface area contributed by atoms with Crippen LogP contribution in [0, 0.1) is 0 Å². The third-order valence-corrected chi connectivity index (χ3v) is 6.19. The number of benzene rings is 2. The minimum absolute atomic E-state index is 0.225. The highest BCUT2D eigenvalue weighted by atomic mass is 32.2. The van der Waals surface area contributed by atoms with Crippen LogP contribution in [0.5, 0.6) is 5.75 Å². The van der Waals surface area contributed by atoms with E-state index in [1.807, 2.05) is 55.5 Å². The van der Waals surface area contributed by atoms with Gasteiger partial charge < -0.3 is 4.74 Å². The third kappa shape index (κ3) is 5.18. The molecule has 28 heavy (non-hydrogen) atoms. The molecule has 3 rings (SSSR count). The number of sulfonamides is 1. The summed E-state index contributed by atoms with van der Waals surface area (Å²) in [4.78, 5) is 4.54. The Bertz CT molecular complexity index is 960. The molecule has 1 aromatic heterocycles. The second-order valence-corrected chi connectivity index (χ2v) is 8.24. The molecule has 0 N–H and O–H groups in total. The monoisotopic (exact) mass is 396 g/mol. The molecule has 6 heteroatoms. The molecule has 146 valence electrons. The van der Waals surface area contributed by atoms with Crippen LogP contribution in [0.1, 0.15) is 18.2 Å². The molecule has 0 unspecified atom stereocenters. The van der Waals surface area contributed by atoms with Gasteiger partial charge in [0, 0.05) is 12.7 Å². The topological polar surface area (TPSA) is 59.5 Å². The van der Waals surface area contributed by atoms with E-state index in [-0.39, 0.29) is 11.4 Å². The summed E-state index contributed by atoms with van der Waals surface area (Å²) in [5, 5.41) is 0. The first kappa shape index (κ1) is 20.0. The Morgan fingerprint density at radius 1 is 0.929 bits per heavy atom. The molecule has 2 aromatic carbocycles. The van der Waals surface area contributed by atoms with Crippen LogP contribution in [-0.2, 0) is 23.0 Å². The van der Waals surface area contributed by atoms with Gasteiger partial charge in [-0.3, -0.25) is 4.98 Å². The molecule has 0 amide bonds. The average molecular weight is 397 g/mol. The summed E-state index contributed by atoms with van der Waals surface area (Å²) in [5.74, 6) is 0.655. The van der Waals surface area contributed by atoms with Gasteiger partial charge in [-0.05, 0) is 55.3 Å². The van der Waals surface area contributed by atoms with E-state index in [2.05, 4.69) is 4.98 Å². The van der Waals surface area contributed by atoms with Gasteiger partial charge >= 0.3 is 0 Å². The highest BCUT2D eigenvalue weighted by molar-refractivity contribution is 7.89. The van der Waals surface area contributed by atoms with Gasteiger partial charge in [0.15, 0.2) is 0 Å². The lowest BCUT2D eigenvalue weighted by molar-refractivity contribution is 0.340. The van der Waals surface area contributed by atoms with Gasteiger partial charge in [-0.15, -0.1) is 0 Å². The van der Waals surface area contributed by atoms with Crippen LogP contribution in [0.2, 0.25) is 0 Å². The maximum atomic E-state index is 13.3. The van der Waals surface area contributed by atoms with Crippen LogP contribution in [0.25, 0.3) is 0 Å². The molecule has 0 aliphatic heterocycles. The lowest BCUT2D eigenvalue weighted by Crippen LogP contribution is -2.33. The van der Waals surface area contributed by atoms with Gasteiger partial charge in [0.25, 0.3) is 0 Å². The first-order valence-corrected chi connectivity index (χ1v) is 10.7. The third-order valence-electron chi connectivity index (χ3n) is 4.33. The molecule has 5 nitrogen and oxygen atoms in total. The minimum Gasteiger partial charge on any atom is -0.494 e. The van der Waals surface area contributed by atoms with Crippen molar-refractivity contribution in [3.63, 3.8) is 0 Å². The quantitative estimate of drug-likeness (QED) is 0.550. The van der Waals surface area contributed by atoms with Crippen molar-refractivity contribution in [2.24, 2.45) is 0 Å². The Morgan fingerprint density at radius 3 is 2.29 bits per heavy atom. The van der Waals surface area contributed by atoms with E-state index in [4.69, 9.17) is 4.74 Å². The smallest absolute Gasteiger partial charge is 0.243 e. The number of rotatable bonds is 9. The number of hydrogen-bond donors (Lipinski definition) is 0. The fraction of sp³-hybridized carbons (Fsp3) is 0.227. The zero-order valence-corrected chi connectivity index (χ0v) is 16.7. The first-order chi connectivity index (χ1) is 13.6. The fourth-order valence-corrected chi connectivity index (χ4v) is 4.29. The number of nitrogens with zero attached hydrogens (tertiary/aromatic N) is 2. The highest BCUT2D eigenvalue weighted by Gasteiger charge is 2.25. The average Bonchev–Trinajstić information content (AvgIpc) is 2.73. The summed E-state index contributed by atoms with van der Waals surface area (Å²) in [6, 6.07) is 21.9. The highest BCUT2D eigenvalue weighted by Crippen LogP contribution is 2.21. The Kier molecular flexibility index (Phi) is 6.79. The number of ether oxygens (including phenoxy) is 1. The molecule has 0 atom stereocenters. The lowest BCUT2D eigenvalue weighted by atomic mass is 10.1. The Hall–Kier alpha value is -2.70. The standard InChI is InChI=1S/C22H24N2O3S/c1-2-27-21-11-13-22(14-12-21)28(25,26)24(18-20-10-6-7-16-23-20)17-15-19-8-4-3-5-9-19/h3-14,16H,2,15,17-18H2,1H3. The largest absolute Gasteiger partial charge is 0.494 e. The summed E-state index contributed by atoms with van der Waals surface area (Å²) in [6.07, 6.45) is 2.30. The van der Waals surface area contributed by atoms with E-state index in [0.29, 0.717) is 31.0 Å². The zero-order valence-electron chi connectivity index (χ0n) is 15.9. The maximum absolute atomic E-state index is 13.3. The Morgan fingerprint density at radius 2 is 1.64 bits per heavy atom. The molecule has 0 spiro atoms. The van der Waals surface area contributed by atoms with Crippen molar-refractivity contribution in [3.05, 3.63) is 90.3 Å². The van der Waals surface area contributed by atoms with Gasteiger partial charge in [-0.2, -0.15) is 4.31 Å². The summed E-state index contributed by atoms with van der Waals surface area (Å²) in [7, 11) is -3.66. The summed E-state index contributed by atoms with van der Waals surface area (Å²) >= 11 is 0. The predicted molar refractivity (Wildman–Crippen MR) is 110 cm³/mol. The van der Waals surface area contributed by atoms with E-state index >= 15 is 0 Å². The number of hydrogen-bond acceptors (Lipinski definition) is 4. The molecule has 3 aromatic rings. The zero-order chi connectivity index (χ0) is 19.8. The Labute approximate surface area is 166 Å². The molecule has 0 bridgehead atoms. The van der Waals surface area contributed by atoms with Crippen LogP contribution in [0.3, 0.4) is 0 Å². The van der Waals surface area contributed by atoms with E-state index in [9.17, 15) is 8.42 Å². The van der Waals surface area contributed by atoms with Crippen molar-refractivity contribution in [1.82, 2.24) is 9.29 Å². The molecule has 0 radical (unpaired) electrons. The summed E-state index contributed by atoms with van der Waals surface area (Å²) in [5.41, 5.74) is 1.81. The van der Waals surface area contributed by atoms with E-state index in [1.54, 1.807) is 30.5 Å². The van der Waals surface area contributed by atoms with Gasteiger partial charge in [-0.1, -0.05) is 36.4 Å². The Balaban J connectivity index is 1.85. The lowest BCUT2D eigenvalue weighted by Gasteiger charge is -2.22. The first-order valence-electron chi connectivity index (χ1n) is 9.26. The van der Waals surface area contributed by atoms with Crippen molar-refractivity contribution in [1.29, 1.82) is 0 Å². The molecular formula is C22H24N2O3S. The number of pyridine rings is 1. The van der Waals surface area contributed by atoms with Gasteiger partial charge in [0.05, 0.1) is 23.7 Å². The molecule has 0 saturated heterocycles. The van der Waals surface area contributed by atoms with Crippen molar-refractivity contribution >= 4 is 10.0 Å². The van der Waals surface area contributed by atoms with E-state index in [0.717, 1.165) is 5.56 Å². The maximum Gasteiger partial charge on any atom is 0.243 e. The molecule has 0 aliphatic carbocycles. The van der Waals surface area contributed by atoms with Crippen LogP contribution in [0.4, 0.5) is 0 Å². The predicted octanol–water partition coefficient (Wildman–Crippen LogP) is 3.91. The van der Waals surface area contributed by atoms with Gasteiger partial charge in [-0.25, -0.2) is 8.42 Å². The molecule has 0 fully saturated rings. The van der Waals surface area contributed by atoms with Crippen LogP contribution >= 0.6 is 0 Å². The van der Waals surface area contributed by atoms with Gasteiger partial charge in [0.1, 0.15) is 5.75 Å². The van der Waals surface area contributed by atoms with Gasteiger partial charge in [0.2, 0.25) is 10.0 Å². The second kappa shape index (κ2) is 9.48. The molecule has 0 aliphatic rings. The van der Waals surface area contributed by atoms with Crippen molar-refractivity contribution in [3.8, 4) is 5.75 Å². The molecule has 0 saturated carbocycles.